The third kappa shape index (κ3) is 6.54. The van der Waals surface area contributed by atoms with E-state index in [-0.39, 0.29) is 13.0 Å². The molecule has 1 aromatic rings. The van der Waals surface area contributed by atoms with Crippen molar-refractivity contribution in [2.24, 2.45) is 5.73 Å². The second-order valence-electron chi connectivity index (χ2n) is 3.25. The van der Waals surface area contributed by atoms with Crippen molar-refractivity contribution in [3.05, 3.63) is 11.9 Å². The maximum Gasteiger partial charge on any atom is 0.320 e. The molecule has 6 N–H and O–H groups in total. The molecule has 1 aromatic heterocycles. The maximum absolute atomic E-state index is 10.5. The van der Waals surface area contributed by atoms with Gasteiger partial charge in [0.15, 0.2) is 5.95 Å². The number of aliphatic hydroxyl groups is 1. The minimum Gasteiger partial charge on any atom is -0.480 e. The summed E-state index contributed by atoms with van der Waals surface area (Å²) in [7, 11) is 0. The van der Waals surface area contributed by atoms with Crippen LogP contribution in [0, 0.1) is 0 Å². The van der Waals surface area contributed by atoms with Crippen LogP contribution >= 0.6 is 0 Å². The first-order valence-corrected chi connectivity index (χ1v) is 5.42. The monoisotopic (exact) mass is 244 g/mol. The van der Waals surface area contributed by atoms with E-state index in [4.69, 9.17) is 15.9 Å². The summed E-state index contributed by atoms with van der Waals surface area (Å²) in [5.74, 6) is -0.371. The van der Waals surface area contributed by atoms with Crippen molar-refractivity contribution < 1.29 is 15.0 Å². The van der Waals surface area contributed by atoms with E-state index in [0.29, 0.717) is 5.95 Å². The quantitative estimate of drug-likeness (QED) is 0.488. The van der Waals surface area contributed by atoms with Crippen LogP contribution in [0.1, 0.15) is 19.5 Å². The molecule has 7 heteroatoms. The standard InChI is InChI=1S/C8H14N4O2.C2H6O/c1-2-10-8-11-4-5(12-8)3-6(9)7(13)14;1-2-3/h4,6H,2-3,9H2,1H3,(H,13,14)(H2,10,11,12);3H,2H2,1H3/t6-;/m0./s1. The lowest BCUT2D eigenvalue weighted by Gasteiger charge is -2.03. The van der Waals surface area contributed by atoms with Gasteiger partial charge in [-0.25, -0.2) is 4.98 Å². The van der Waals surface area contributed by atoms with Crippen molar-refractivity contribution >= 4 is 11.9 Å². The van der Waals surface area contributed by atoms with Crippen molar-refractivity contribution in [2.45, 2.75) is 26.3 Å². The number of carboxylic acids is 1. The number of nitrogens with one attached hydrogen (secondary N) is 2. The van der Waals surface area contributed by atoms with E-state index in [1.165, 1.54) is 0 Å². The smallest absolute Gasteiger partial charge is 0.320 e. The topological polar surface area (TPSA) is 124 Å². The Bertz CT molecular complexity index is 327. The molecule has 1 atom stereocenters. The van der Waals surface area contributed by atoms with Gasteiger partial charge in [-0.3, -0.25) is 4.79 Å². The number of hydrogen-bond donors (Lipinski definition) is 5. The first kappa shape index (κ1) is 15.4. The third-order valence-electron chi connectivity index (χ3n) is 1.73. The van der Waals surface area contributed by atoms with Gasteiger partial charge in [0.05, 0.1) is 6.20 Å². The van der Waals surface area contributed by atoms with Crippen LogP contribution in [0.15, 0.2) is 6.20 Å². The summed E-state index contributed by atoms with van der Waals surface area (Å²) in [4.78, 5) is 17.4. The summed E-state index contributed by atoms with van der Waals surface area (Å²) in [6.45, 7) is 4.64. The lowest BCUT2D eigenvalue weighted by Crippen LogP contribution is -2.32. The zero-order valence-electron chi connectivity index (χ0n) is 10.1. The Labute approximate surface area is 100 Å². The van der Waals surface area contributed by atoms with Gasteiger partial charge >= 0.3 is 5.97 Å². The Morgan fingerprint density at radius 2 is 2.24 bits per heavy atom. The fourth-order valence-corrected chi connectivity index (χ4v) is 1.04. The molecule has 0 radical (unpaired) electrons. The van der Waals surface area contributed by atoms with Crippen LogP contribution in [-0.4, -0.2) is 45.3 Å². The van der Waals surface area contributed by atoms with Gasteiger partial charge in [-0.2, -0.15) is 0 Å². The Balaban J connectivity index is 0.000000770. The van der Waals surface area contributed by atoms with Crippen molar-refractivity contribution in [3.63, 3.8) is 0 Å². The number of carbonyl (C=O) groups is 1. The molecule has 0 aliphatic rings. The van der Waals surface area contributed by atoms with Crippen molar-refractivity contribution in [2.75, 3.05) is 18.5 Å². The fraction of sp³-hybridized carbons (Fsp3) is 0.600. The van der Waals surface area contributed by atoms with Crippen LogP contribution in [0.4, 0.5) is 5.95 Å². The molecule has 98 valence electrons. The lowest BCUT2D eigenvalue weighted by atomic mass is 10.2. The van der Waals surface area contributed by atoms with E-state index in [2.05, 4.69) is 15.3 Å². The molecule has 0 bridgehead atoms. The van der Waals surface area contributed by atoms with E-state index in [0.717, 1.165) is 12.2 Å². The van der Waals surface area contributed by atoms with Crippen molar-refractivity contribution in [3.8, 4) is 0 Å². The zero-order chi connectivity index (χ0) is 13.3. The normalized spacial score (nSPS) is 11.3. The number of aliphatic hydroxyl groups excluding tert-OH is 1. The number of nitrogens with zero attached hydrogens (tertiary/aromatic N) is 1. The Kier molecular flexibility index (Phi) is 7.74. The van der Waals surface area contributed by atoms with Gasteiger partial charge in [-0.05, 0) is 13.8 Å². The fourth-order valence-electron chi connectivity index (χ4n) is 1.04. The molecule has 0 spiro atoms. The molecule has 0 unspecified atom stereocenters. The first-order chi connectivity index (χ1) is 8.04. The Morgan fingerprint density at radius 3 is 2.71 bits per heavy atom. The molecule has 0 aliphatic carbocycles. The highest BCUT2D eigenvalue weighted by Gasteiger charge is 2.13. The Morgan fingerprint density at radius 1 is 1.65 bits per heavy atom. The second-order valence-corrected chi connectivity index (χ2v) is 3.25. The molecular weight excluding hydrogens is 224 g/mol. The Hall–Kier alpha value is -1.60. The second kappa shape index (κ2) is 8.54. The van der Waals surface area contributed by atoms with Crippen LogP contribution in [0.2, 0.25) is 0 Å². The lowest BCUT2D eigenvalue weighted by molar-refractivity contribution is -0.138. The molecule has 17 heavy (non-hydrogen) atoms. The molecule has 1 heterocycles. The zero-order valence-corrected chi connectivity index (χ0v) is 10.1. The van der Waals surface area contributed by atoms with Crippen LogP contribution in [0.5, 0.6) is 0 Å². The highest BCUT2D eigenvalue weighted by atomic mass is 16.4. The number of hydrogen-bond acceptors (Lipinski definition) is 5. The molecule has 0 amide bonds. The van der Waals surface area contributed by atoms with Gasteiger partial charge in [0.1, 0.15) is 6.04 Å². The minimum absolute atomic E-state index is 0.250. The number of anilines is 1. The van der Waals surface area contributed by atoms with E-state index >= 15 is 0 Å². The van der Waals surface area contributed by atoms with Crippen molar-refractivity contribution in [1.82, 2.24) is 9.97 Å². The highest BCUT2D eigenvalue weighted by Crippen LogP contribution is 2.03. The predicted octanol–water partition coefficient (Wildman–Crippen LogP) is -0.205. The van der Waals surface area contributed by atoms with E-state index in [9.17, 15) is 4.79 Å². The number of H-pyrrole nitrogens is 1. The largest absolute Gasteiger partial charge is 0.480 e. The van der Waals surface area contributed by atoms with Gasteiger partial charge in [-0.1, -0.05) is 0 Å². The first-order valence-electron chi connectivity index (χ1n) is 5.42. The van der Waals surface area contributed by atoms with E-state index in [1.807, 2.05) is 6.92 Å². The number of aliphatic carboxylic acids is 1. The molecule has 0 aliphatic heterocycles. The van der Waals surface area contributed by atoms with E-state index in [1.54, 1.807) is 13.1 Å². The SMILES string of the molecule is CCNc1ncc(C[C@H](N)C(=O)O)[nH]1.CCO. The van der Waals surface area contributed by atoms with Crippen LogP contribution in [0.3, 0.4) is 0 Å². The summed E-state index contributed by atoms with van der Waals surface area (Å²) in [6, 6.07) is -0.884. The molecule has 0 fully saturated rings. The van der Waals surface area contributed by atoms with Crippen LogP contribution in [0.25, 0.3) is 0 Å². The summed E-state index contributed by atoms with van der Waals surface area (Å²) in [5.41, 5.74) is 6.08. The maximum atomic E-state index is 10.5. The van der Waals surface area contributed by atoms with Gasteiger partial charge in [0.2, 0.25) is 0 Å². The molecule has 0 saturated heterocycles. The van der Waals surface area contributed by atoms with Gasteiger partial charge in [0.25, 0.3) is 0 Å². The van der Waals surface area contributed by atoms with Crippen LogP contribution < -0.4 is 11.1 Å². The number of carboxylic acid groups (broad SMARTS) is 1. The van der Waals surface area contributed by atoms with Gasteiger partial charge in [0, 0.05) is 25.3 Å². The summed E-state index contributed by atoms with van der Waals surface area (Å²) in [5, 5.41) is 19.1. The predicted molar refractivity (Wildman–Crippen MR) is 64.8 cm³/mol. The molecular formula is C10H20N4O3. The highest BCUT2D eigenvalue weighted by molar-refractivity contribution is 5.73. The number of aromatic amines is 1. The average Bonchev–Trinajstić information content (AvgIpc) is 2.67. The van der Waals surface area contributed by atoms with Crippen LogP contribution in [-0.2, 0) is 11.2 Å². The van der Waals surface area contributed by atoms with Gasteiger partial charge in [-0.15, -0.1) is 0 Å². The molecule has 7 nitrogen and oxygen atoms in total. The van der Waals surface area contributed by atoms with Crippen molar-refractivity contribution in [1.29, 1.82) is 0 Å². The van der Waals surface area contributed by atoms with Gasteiger partial charge < -0.3 is 26.2 Å². The number of rotatable bonds is 5. The summed E-state index contributed by atoms with van der Waals surface area (Å²) >= 11 is 0. The number of nitrogens with two attached hydrogens (primary N) is 1. The average molecular weight is 244 g/mol. The molecule has 1 rings (SSSR count). The third-order valence-corrected chi connectivity index (χ3v) is 1.73. The molecule has 0 aromatic carbocycles. The minimum atomic E-state index is -1.01. The number of aromatic nitrogens is 2. The summed E-state index contributed by atoms with van der Waals surface area (Å²) in [6.07, 6.45) is 1.84. The molecule has 0 saturated carbocycles. The summed E-state index contributed by atoms with van der Waals surface area (Å²) < 4.78 is 0. The number of imidazole rings is 1. The van der Waals surface area contributed by atoms with E-state index < -0.39 is 12.0 Å².